The fourth-order valence-corrected chi connectivity index (χ4v) is 5.26. The molecule has 0 fully saturated rings. The number of unbranched alkanes of at least 4 members (excludes halogenated alkanes) is 4. The molecule has 0 bridgehead atoms. The van der Waals surface area contributed by atoms with Crippen LogP contribution in [0.5, 0.6) is 11.5 Å². The number of fused-ring (bicyclic) bond motifs is 1. The van der Waals surface area contributed by atoms with Crippen molar-refractivity contribution in [3.8, 4) is 11.5 Å². The predicted octanol–water partition coefficient (Wildman–Crippen LogP) is 7.65. The highest BCUT2D eigenvalue weighted by atomic mass is 16.5. The lowest BCUT2D eigenvalue weighted by molar-refractivity contribution is -0.135. The van der Waals surface area contributed by atoms with Gasteiger partial charge >= 0.3 is 11.9 Å². The zero-order chi connectivity index (χ0) is 24.8. The molecule has 0 aliphatic heterocycles. The first-order valence-corrected chi connectivity index (χ1v) is 12.9. The number of carbonyl (C=O) groups is 2. The third-order valence-corrected chi connectivity index (χ3v) is 7.03. The zero-order valence-electron chi connectivity index (χ0n) is 21.5. The van der Waals surface area contributed by atoms with Gasteiger partial charge in [0.1, 0.15) is 11.5 Å². The Labute approximate surface area is 205 Å². The van der Waals surface area contributed by atoms with Gasteiger partial charge in [0.25, 0.3) is 0 Å². The summed E-state index contributed by atoms with van der Waals surface area (Å²) in [4.78, 5) is 24.4. The molecular weight excluding hydrogens is 424 g/mol. The maximum atomic E-state index is 12.3. The molecule has 1 aliphatic carbocycles. The first-order chi connectivity index (χ1) is 16.2. The van der Waals surface area contributed by atoms with Crippen molar-refractivity contribution in [3.05, 3.63) is 59.2 Å². The first-order valence-electron chi connectivity index (χ1n) is 12.9. The number of esters is 2. The summed E-state index contributed by atoms with van der Waals surface area (Å²) < 4.78 is 11.2. The van der Waals surface area contributed by atoms with Crippen molar-refractivity contribution >= 4 is 11.9 Å². The van der Waals surface area contributed by atoms with Crippen LogP contribution in [-0.2, 0) is 20.4 Å². The molecule has 4 heteroatoms. The van der Waals surface area contributed by atoms with Crippen LogP contribution in [0.25, 0.3) is 0 Å². The highest BCUT2D eigenvalue weighted by molar-refractivity contribution is 5.73. The van der Waals surface area contributed by atoms with Crippen molar-refractivity contribution in [2.75, 3.05) is 0 Å². The third-order valence-electron chi connectivity index (χ3n) is 7.03. The number of hydrogen-bond acceptors (Lipinski definition) is 4. The van der Waals surface area contributed by atoms with Crippen LogP contribution in [0, 0.1) is 0 Å². The molecule has 0 spiro atoms. The van der Waals surface area contributed by atoms with Gasteiger partial charge < -0.3 is 9.47 Å². The summed E-state index contributed by atoms with van der Waals surface area (Å²) >= 11 is 0. The van der Waals surface area contributed by atoms with E-state index in [1.54, 1.807) is 0 Å². The van der Waals surface area contributed by atoms with E-state index in [1.165, 1.54) is 11.1 Å². The van der Waals surface area contributed by atoms with Gasteiger partial charge in [-0.3, -0.25) is 9.59 Å². The van der Waals surface area contributed by atoms with Gasteiger partial charge in [0.05, 0.1) is 0 Å². The van der Waals surface area contributed by atoms with Crippen LogP contribution < -0.4 is 9.47 Å². The summed E-state index contributed by atoms with van der Waals surface area (Å²) in [5.41, 5.74) is 3.41. The minimum Gasteiger partial charge on any atom is -0.427 e. The maximum absolute atomic E-state index is 12.3. The molecule has 3 rings (SSSR count). The normalized spacial score (nSPS) is 18.4. The number of ether oxygens (including phenoxy) is 2. The van der Waals surface area contributed by atoms with Crippen molar-refractivity contribution < 1.29 is 19.1 Å². The van der Waals surface area contributed by atoms with E-state index < -0.39 is 0 Å². The van der Waals surface area contributed by atoms with Crippen molar-refractivity contribution in [1.29, 1.82) is 0 Å². The average molecular weight is 465 g/mol. The first kappa shape index (κ1) is 26.0. The topological polar surface area (TPSA) is 52.6 Å². The van der Waals surface area contributed by atoms with Crippen LogP contribution in [0.2, 0.25) is 0 Å². The summed E-state index contributed by atoms with van der Waals surface area (Å²) in [5, 5.41) is 0. The lowest BCUT2D eigenvalue weighted by atomic mass is 9.75. The number of hydrogen-bond donors (Lipinski definition) is 0. The van der Waals surface area contributed by atoms with E-state index >= 15 is 0 Å². The second-order valence-electron chi connectivity index (χ2n) is 10.5. The van der Waals surface area contributed by atoms with Crippen molar-refractivity contribution in [1.82, 2.24) is 0 Å². The molecule has 0 radical (unpaired) electrons. The lowest BCUT2D eigenvalue weighted by Gasteiger charge is -2.28. The molecule has 1 unspecified atom stereocenters. The molecule has 0 heterocycles. The van der Waals surface area contributed by atoms with Gasteiger partial charge in [0.2, 0.25) is 0 Å². The van der Waals surface area contributed by atoms with Gasteiger partial charge in [0.15, 0.2) is 0 Å². The van der Waals surface area contributed by atoms with Crippen LogP contribution in [0.4, 0.5) is 0 Å². The monoisotopic (exact) mass is 464 g/mol. The van der Waals surface area contributed by atoms with Crippen LogP contribution >= 0.6 is 0 Å². The van der Waals surface area contributed by atoms with E-state index in [9.17, 15) is 9.59 Å². The van der Waals surface area contributed by atoms with Crippen LogP contribution in [0.1, 0.15) is 109 Å². The van der Waals surface area contributed by atoms with E-state index in [1.807, 2.05) is 24.3 Å². The van der Waals surface area contributed by atoms with Gasteiger partial charge in [-0.25, -0.2) is 0 Å². The molecule has 1 atom stereocenters. The Morgan fingerprint density at radius 2 is 1.26 bits per heavy atom. The molecule has 0 aromatic heterocycles. The number of rotatable bonds is 11. The van der Waals surface area contributed by atoms with Gasteiger partial charge in [-0.15, -0.1) is 0 Å². The quantitative estimate of drug-likeness (QED) is 0.195. The molecule has 184 valence electrons. The second kappa shape index (κ2) is 11.2. The highest BCUT2D eigenvalue weighted by Gasteiger charge is 2.46. The average Bonchev–Trinajstić information content (AvgIpc) is 3.00. The molecule has 1 aliphatic rings. The molecule has 0 saturated carbocycles. The summed E-state index contributed by atoms with van der Waals surface area (Å²) in [6, 6.07) is 14.0. The third kappa shape index (κ3) is 6.08. The summed E-state index contributed by atoms with van der Waals surface area (Å²) in [7, 11) is 0. The highest BCUT2D eigenvalue weighted by Crippen LogP contribution is 2.53. The van der Waals surface area contributed by atoms with E-state index in [-0.39, 0.29) is 22.8 Å². The van der Waals surface area contributed by atoms with E-state index in [2.05, 4.69) is 52.8 Å². The van der Waals surface area contributed by atoms with Crippen molar-refractivity contribution in [2.24, 2.45) is 0 Å². The predicted molar refractivity (Wildman–Crippen MR) is 137 cm³/mol. The molecule has 4 nitrogen and oxygen atoms in total. The Kier molecular flexibility index (Phi) is 8.57. The van der Waals surface area contributed by atoms with Crippen LogP contribution in [0.15, 0.2) is 42.5 Å². The van der Waals surface area contributed by atoms with E-state index in [0.29, 0.717) is 24.3 Å². The minimum absolute atomic E-state index is 0.00182. The van der Waals surface area contributed by atoms with E-state index in [0.717, 1.165) is 50.5 Å². The summed E-state index contributed by atoms with van der Waals surface area (Å²) in [5.74, 6) is 0.852. The number of benzene rings is 2. The Bertz CT molecular complexity index is 989. The molecule has 0 amide bonds. The standard InChI is InChI=1S/C30H40O4/c1-6-8-10-12-27(31)33-23-16-14-22(15-17-23)30(5)21-29(3,4)25-19-18-24(20-26(25)30)34-28(32)13-11-9-7-2/h14-20H,6-13,21H2,1-5H3. The fourth-order valence-electron chi connectivity index (χ4n) is 5.26. The van der Waals surface area contributed by atoms with Crippen LogP contribution in [-0.4, -0.2) is 11.9 Å². The Morgan fingerprint density at radius 3 is 1.82 bits per heavy atom. The number of carbonyl (C=O) groups excluding carboxylic acids is 2. The Hall–Kier alpha value is -2.62. The van der Waals surface area contributed by atoms with Gasteiger partial charge in [-0.1, -0.05) is 78.5 Å². The van der Waals surface area contributed by atoms with Gasteiger partial charge in [-0.2, -0.15) is 0 Å². The molecule has 2 aromatic rings. The molecule has 2 aromatic carbocycles. The Balaban J connectivity index is 1.79. The lowest BCUT2D eigenvalue weighted by Crippen LogP contribution is -2.23. The Morgan fingerprint density at radius 1 is 0.735 bits per heavy atom. The molecule has 34 heavy (non-hydrogen) atoms. The maximum Gasteiger partial charge on any atom is 0.311 e. The zero-order valence-corrected chi connectivity index (χ0v) is 21.5. The molecule has 0 N–H and O–H groups in total. The van der Waals surface area contributed by atoms with E-state index in [4.69, 9.17) is 9.47 Å². The SMILES string of the molecule is CCCCCC(=O)Oc1ccc(C2(C)CC(C)(C)c3ccc(OC(=O)CCCCC)cc32)cc1. The summed E-state index contributed by atoms with van der Waals surface area (Å²) in [6.07, 6.45) is 7.81. The van der Waals surface area contributed by atoms with Gasteiger partial charge in [-0.05, 0) is 65.6 Å². The van der Waals surface area contributed by atoms with Crippen LogP contribution in [0.3, 0.4) is 0 Å². The largest absolute Gasteiger partial charge is 0.427 e. The fraction of sp³-hybridized carbons (Fsp3) is 0.533. The summed E-state index contributed by atoms with van der Waals surface area (Å²) in [6.45, 7) is 11.0. The van der Waals surface area contributed by atoms with Gasteiger partial charge in [0, 0.05) is 18.3 Å². The van der Waals surface area contributed by atoms with Crippen molar-refractivity contribution in [2.45, 2.75) is 103 Å². The smallest absolute Gasteiger partial charge is 0.311 e. The second-order valence-corrected chi connectivity index (χ2v) is 10.5. The molecule has 0 saturated heterocycles. The van der Waals surface area contributed by atoms with Crippen molar-refractivity contribution in [3.63, 3.8) is 0 Å². The minimum atomic E-state index is -0.229. The molecular formula is C30H40O4.